The van der Waals surface area contributed by atoms with Gasteiger partial charge in [-0.2, -0.15) is 5.10 Å². The van der Waals surface area contributed by atoms with Gasteiger partial charge in [0.05, 0.1) is 28.8 Å². The molecule has 3 N–H and O–H groups in total. The lowest BCUT2D eigenvalue weighted by Crippen LogP contribution is -2.28. The number of nitrogens with zero attached hydrogens (tertiary/aromatic N) is 3. The van der Waals surface area contributed by atoms with Crippen molar-refractivity contribution < 1.29 is 27.2 Å². The molecule has 3 aromatic carbocycles. The molecular formula is C34H33N5O6S2. The van der Waals surface area contributed by atoms with Crippen LogP contribution in [0.25, 0.3) is 6.08 Å². The van der Waals surface area contributed by atoms with E-state index in [-0.39, 0.29) is 29.4 Å². The Morgan fingerprint density at radius 1 is 1.02 bits per heavy atom. The van der Waals surface area contributed by atoms with Crippen LogP contribution in [0, 0.1) is 0 Å². The molecule has 0 saturated carbocycles. The van der Waals surface area contributed by atoms with Crippen molar-refractivity contribution in [1.29, 1.82) is 0 Å². The van der Waals surface area contributed by atoms with Gasteiger partial charge in [0.15, 0.2) is 11.8 Å². The molecule has 13 heteroatoms. The maximum absolute atomic E-state index is 13.6. The van der Waals surface area contributed by atoms with Crippen molar-refractivity contribution in [3.8, 4) is 5.75 Å². The summed E-state index contributed by atoms with van der Waals surface area (Å²) in [5, 5.41) is 16.8. The molecular weight excluding hydrogens is 639 g/mol. The van der Waals surface area contributed by atoms with E-state index in [1.807, 2.05) is 12.1 Å². The van der Waals surface area contributed by atoms with Crippen molar-refractivity contribution in [2.24, 2.45) is 15.3 Å². The Morgan fingerprint density at radius 3 is 2.40 bits per heavy atom. The van der Waals surface area contributed by atoms with E-state index in [0.29, 0.717) is 32.8 Å². The molecule has 1 saturated heterocycles. The summed E-state index contributed by atoms with van der Waals surface area (Å²) in [6, 6.07) is 24.1. The zero-order valence-corrected chi connectivity index (χ0v) is 27.5. The van der Waals surface area contributed by atoms with E-state index in [1.165, 1.54) is 46.5 Å². The molecule has 1 aromatic heterocycles. The van der Waals surface area contributed by atoms with Crippen LogP contribution in [0.5, 0.6) is 5.75 Å². The number of anilines is 1. The van der Waals surface area contributed by atoms with Crippen LogP contribution in [-0.4, -0.2) is 43.1 Å². The summed E-state index contributed by atoms with van der Waals surface area (Å²) in [7, 11) is -3.85. The number of benzene rings is 3. The third-order valence-corrected chi connectivity index (χ3v) is 8.87. The number of rotatable bonds is 10. The number of hydrogen-bond donors (Lipinski definition) is 2. The summed E-state index contributed by atoms with van der Waals surface area (Å²) in [6.07, 6.45) is 4.86. The Balaban J connectivity index is 1.31. The quantitative estimate of drug-likeness (QED) is 0.124. The molecule has 2 amide bonds. The molecule has 1 fully saturated rings. The van der Waals surface area contributed by atoms with Gasteiger partial charge in [0.25, 0.3) is 11.8 Å². The number of amidine groups is 1. The molecule has 1 aliphatic rings. The fourth-order valence-electron chi connectivity index (χ4n) is 4.44. The summed E-state index contributed by atoms with van der Waals surface area (Å²) in [6.45, 7) is 6.29. The highest BCUT2D eigenvalue weighted by Gasteiger charge is 2.34. The average Bonchev–Trinajstić information content (AvgIpc) is 3.65. The number of hydrogen-bond acceptors (Lipinski definition) is 9. The van der Waals surface area contributed by atoms with Crippen LogP contribution in [0.15, 0.2) is 116 Å². The number of furan rings is 1. The second-order valence-electron chi connectivity index (χ2n) is 11.5. The highest BCUT2D eigenvalue weighted by Crippen LogP contribution is 2.35. The minimum Gasteiger partial charge on any atom is -0.483 e. The van der Waals surface area contributed by atoms with Gasteiger partial charge in [-0.1, -0.05) is 63.2 Å². The van der Waals surface area contributed by atoms with Crippen molar-refractivity contribution >= 4 is 56.7 Å². The van der Waals surface area contributed by atoms with Crippen LogP contribution in [0.3, 0.4) is 0 Å². The Bertz CT molecular complexity index is 1950. The molecule has 0 unspecified atom stereocenters. The fraction of sp³-hybridized carbons (Fsp3) is 0.176. The van der Waals surface area contributed by atoms with Crippen LogP contribution >= 0.6 is 11.8 Å². The first-order valence-corrected chi connectivity index (χ1v) is 16.8. The molecule has 2 heterocycles. The average molecular weight is 672 g/mol. The summed E-state index contributed by atoms with van der Waals surface area (Å²) >= 11 is 1.17. The Morgan fingerprint density at radius 2 is 1.74 bits per heavy atom. The number of carbonyl (C=O) groups is 2. The molecule has 0 radical (unpaired) electrons. The van der Waals surface area contributed by atoms with E-state index in [0.717, 1.165) is 5.56 Å². The predicted molar refractivity (Wildman–Crippen MR) is 183 cm³/mol. The second-order valence-corrected chi connectivity index (χ2v) is 14.1. The standard InChI is InChI=1S/C34H33N5O6S2/c1-34(2,3)25-12-10-23(11-13-25)20-36-38-33-39(21-27-8-6-18-44-27)32(41)30(46-33)19-24-7-4-5-9-29(24)45-22-31(40)37-26-14-16-28(17-15-26)47(35,42)43/h4-20H,21-22H2,1-3H3,(H,37,40)(H2,35,42,43)/b30-19-,36-20+,38-33-. The molecule has 4 aromatic rings. The van der Waals surface area contributed by atoms with Gasteiger partial charge in [-0.25, -0.2) is 13.6 Å². The van der Waals surface area contributed by atoms with Crippen LogP contribution in [0.1, 0.15) is 43.2 Å². The zero-order valence-electron chi connectivity index (χ0n) is 25.9. The lowest BCUT2D eigenvalue weighted by Gasteiger charge is -2.18. The van der Waals surface area contributed by atoms with Gasteiger partial charge in [-0.15, -0.1) is 5.10 Å². The molecule has 0 spiro atoms. The number of primary sulfonamides is 1. The normalized spacial score (nSPS) is 15.6. The number of amides is 2. The first-order valence-electron chi connectivity index (χ1n) is 14.5. The third-order valence-electron chi connectivity index (χ3n) is 6.94. The van der Waals surface area contributed by atoms with E-state index < -0.39 is 15.9 Å². The Kier molecular flexibility index (Phi) is 10.1. The second kappa shape index (κ2) is 14.2. The number of carbonyl (C=O) groups excluding carboxylic acids is 2. The van der Waals surface area contributed by atoms with Gasteiger partial charge in [-0.05, 0) is 76.8 Å². The highest BCUT2D eigenvalue weighted by molar-refractivity contribution is 8.18. The molecule has 0 aliphatic carbocycles. The lowest BCUT2D eigenvalue weighted by molar-refractivity contribution is -0.122. The minimum absolute atomic E-state index is 0.0362. The van der Waals surface area contributed by atoms with E-state index in [4.69, 9.17) is 14.3 Å². The largest absolute Gasteiger partial charge is 0.483 e. The number of sulfonamides is 1. The first kappa shape index (κ1) is 33.4. The van der Waals surface area contributed by atoms with Crippen molar-refractivity contribution in [3.05, 3.63) is 119 Å². The number of thioether (sulfide) groups is 1. The van der Waals surface area contributed by atoms with Crippen LogP contribution in [0.2, 0.25) is 0 Å². The summed E-state index contributed by atoms with van der Waals surface area (Å²) < 4.78 is 34.2. The topological polar surface area (TPSA) is 157 Å². The molecule has 0 bridgehead atoms. The number of nitrogens with one attached hydrogen (secondary N) is 1. The summed E-state index contributed by atoms with van der Waals surface area (Å²) in [5.41, 5.74) is 3.08. The summed E-state index contributed by atoms with van der Waals surface area (Å²) in [4.78, 5) is 28.0. The molecule has 1 aliphatic heterocycles. The molecule has 11 nitrogen and oxygen atoms in total. The summed E-state index contributed by atoms with van der Waals surface area (Å²) in [5.74, 6) is 0.217. The number of ether oxygens (including phenoxy) is 1. The van der Waals surface area contributed by atoms with E-state index >= 15 is 0 Å². The number of nitrogens with two attached hydrogens (primary N) is 1. The van der Waals surface area contributed by atoms with E-state index in [9.17, 15) is 18.0 Å². The molecule has 5 rings (SSSR count). The van der Waals surface area contributed by atoms with Crippen LogP contribution in [-0.2, 0) is 31.6 Å². The molecule has 242 valence electrons. The minimum atomic E-state index is -3.85. The zero-order chi connectivity index (χ0) is 33.6. The monoisotopic (exact) mass is 671 g/mol. The third kappa shape index (κ3) is 8.85. The van der Waals surface area contributed by atoms with Gasteiger partial charge in [0.1, 0.15) is 11.5 Å². The van der Waals surface area contributed by atoms with Crippen molar-refractivity contribution in [1.82, 2.24) is 4.90 Å². The maximum atomic E-state index is 13.6. The van der Waals surface area contributed by atoms with E-state index in [1.54, 1.807) is 55.0 Å². The SMILES string of the molecule is CC(C)(C)c1ccc(/C=N/N=C2\S/C(=C\c3ccccc3OCC(=O)Nc3ccc(S(N)(=O)=O)cc3)C(=O)N2Cc2ccco2)cc1. The van der Waals surface area contributed by atoms with Crippen molar-refractivity contribution in [2.75, 3.05) is 11.9 Å². The van der Waals surface area contributed by atoms with Gasteiger partial charge in [0.2, 0.25) is 10.0 Å². The lowest BCUT2D eigenvalue weighted by atomic mass is 9.87. The van der Waals surface area contributed by atoms with Gasteiger partial charge >= 0.3 is 0 Å². The van der Waals surface area contributed by atoms with E-state index in [2.05, 4.69) is 48.4 Å². The van der Waals surface area contributed by atoms with Crippen LogP contribution < -0.4 is 15.2 Å². The molecule has 0 atom stereocenters. The first-order chi connectivity index (χ1) is 22.4. The fourth-order valence-corrected chi connectivity index (χ4v) is 5.88. The highest BCUT2D eigenvalue weighted by atomic mass is 32.2. The van der Waals surface area contributed by atoms with Crippen LogP contribution in [0.4, 0.5) is 5.69 Å². The Hall–Kier alpha value is -4.98. The van der Waals surface area contributed by atoms with Gasteiger partial charge < -0.3 is 14.5 Å². The Labute approximate surface area is 277 Å². The van der Waals surface area contributed by atoms with Gasteiger partial charge in [-0.3, -0.25) is 14.5 Å². The molecule has 47 heavy (non-hydrogen) atoms. The predicted octanol–water partition coefficient (Wildman–Crippen LogP) is 5.75. The van der Waals surface area contributed by atoms with Gasteiger partial charge in [0, 0.05) is 11.3 Å². The van der Waals surface area contributed by atoms with Crippen molar-refractivity contribution in [3.63, 3.8) is 0 Å². The van der Waals surface area contributed by atoms with Crippen molar-refractivity contribution in [2.45, 2.75) is 37.6 Å². The maximum Gasteiger partial charge on any atom is 0.267 e. The smallest absolute Gasteiger partial charge is 0.267 e. The number of para-hydroxylation sites is 1.